The maximum atomic E-state index is 13.2. The second-order valence-corrected chi connectivity index (χ2v) is 4.26. The van der Waals surface area contributed by atoms with Crippen molar-refractivity contribution in [2.45, 2.75) is 0 Å². The Balaban J connectivity index is 2.13. The van der Waals surface area contributed by atoms with Gasteiger partial charge in [-0.3, -0.25) is 0 Å². The van der Waals surface area contributed by atoms with Gasteiger partial charge in [-0.1, -0.05) is 0 Å². The predicted molar refractivity (Wildman–Crippen MR) is 77.2 cm³/mol. The number of aromatic carboxylic acids is 1. The van der Waals surface area contributed by atoms with E-state index in [0.29, 0.717) is 11.3 Å². The van der Waals surface area contributed by atoms with Gasteiger partial charge in [-0.15, -0.1) is 0 Å². The molecule has 2 amide bonds. The number of rotatable bonds is 3. The minimum Gasteiger partial charge on any atom is -0.478 e. The first-order valence-corrected chi connectivity index (χ1v) is 6.10. The number of carbonyl (C=O) groups excluding carboxylic acids is 1. The molecule has 0 unspecified atom stereocenters. The van der Waals surface area contributed by atoms with E-state index in [4.69, 9.17) is 10.4 Å². The molecule has 2 aromatic rings. The zero-order chi connectivity index (χ0) is 16.1. The molecule has 0 radical (unpaired) electrons. The topological polar surface area (TPSA) is 102 Å². The van der Waals surface area contributed by atoms with Crippen LogP contribution in [0, 0.1) is 17.1 Å². The van der Waals surface area contributed by atoms with Crippen molar-refractivity contribution in [3.8, 4) is 6.07 Å². The van der Waals surface area contributed by atoms with Gasteiger partial charge in [-0.05, 0) is 42.5 Å². The maximum Gasteiger partial charge on any atom is 0.337 e. The van der Waals surface area contributed by atoms with Gasteiger partial charge in [-0.2, -0.15) is 5.26 Å². The molecule has 0 atom stereocenters. The molecule has 22 heavy (non-hydrogen) atoms. The van der Waals surface area contributed by atoms with E-state index >= 15 is 0 Å². The summed E-state index contributed by atoms with van der Waals surface area (Å²) in [6.45, 7) is 0. The van der Waals surface area contributed by atoms with Crippen molar-refractivity contribution in [3.63, 3.8) is 0 Å². The van der Waals surface area contributed by atoms with Gasteiger partial charge in [0.25, 0.3) is 0 Å². The lowest BCUT2D eigenvalue weighted by Crippen LogP contribution is -2.21. The molecule has 0 aromatic heterocycles. The largest absolute Gasteiger partial charge is 0.478 e. The van der Waals surface area contributed by atoms with Gasteiger partial charge in [0, 0.05) is 5.69 Å². The van der Waals surface area contributed by atoms with E-state index in [2.05, 4.69) is 10.6 Å². The van der Waals surface area contributed by atoms with E-state index in [1.165, 1.54) is 24.3 Å². The monoisotopic (exact) mass is 299 g/mol. The second-order valence-electron chi connectivity index (χ2n) is 4.26. The molecule has 0 saturated carbocycles. The number of benzene rings is 2. The van der Waals surface area contributed by atoms with Crippen LogP contribution in [0.5, 0.6) is 0 Å². The Morgan fingerprint density at radius 3 is 2.36 bits per heavy atom. The molecule has 0 heterocycles. The molecular weight excluding hydrogens is 289 g/mol. The lowest BCUT2D eigenvalue weighted by atomic mass is 10.2. The van der Waals surface area contributed by atoms with Gasteiger partial charge in [0.15, 0.2) is 0 Å². The first kappa shape index (κ1) is 15.0. The number of nitriles is 1. The fourth-order valence-corrected chi connectivity index (χ4v) is 1.72. The number of hydrogen-bond donors (Lipinski definition) is 3. The zero-order valence-corrected chi connectivity index (χ0v) is 11.1. The van der Waals surface area contributed by atoms with Crippen LogP contribution in [-0.2, 0) is 0 Å². The van der Waals surface area contributed by atoms with E-state index in [9.17, 15) is 14.0 Å². The zero-order valence-electron chi connectivity index (χ0n) is 11.1. The van der Waals surface area contributed by atoms with Crippen LogP contribution in [0.15, 0.2) is 42.5 Å². The molecule has 7 heteroatoms. The Labute approximate surface area is 124 Å². The summed E-state index contributed by atoms with van der Waals surface area (Å²) in [4.78, 5) is 22.8. The number of amides is 2. The van der Waals surface area contributed by atoms with Crippen molar-refractivity contribution >= 4 is 23.4 Å². The fraction of sp³-hybridized carbons (Fsp3) is 0. The molecule has 0 fully saturated rings. The minimum absolute atomic E-state index is 0.154. The Hall–Kier alpha value is -3.40. The van der Waals surface area contributed by atoms with Crippen LogP contribution in [0.3, 0.4) is 0 Å². The number of urea groups is 1. The molecule has 110 valence electrons. The molecule has 2 aromatic carbocycles. The van der Waals surface area contributed by atoms with Crippen LogP contribution >= 0.6 is 0 Å². The van der Waals surface area contributed by atoms with Gasteiger partial charge < -0.3 is 15.7 Å². The third-order valence-electron chi connectivity index (χ3n) is 2.73. The van der Waals surface area contributed by atoms with Gasteiger partial charge in [0.05, 0.1) is 22.9 Å². The molecule has 6 nitrogen and oxygen atoms in total. The molecular formula is C15H10FN3O3. The first-order chi connectivity index (χ1) is 10.5. The van der Waals surface area contributed by atoms with Crippen LogP contribution in [0.1, 0.15) is 15.9 Å². The van der Waals surface area contributed by atoms with Gasteiger partial charge in [-0.25, -0.2) is 14.0 Å². The highest BCUT2D eigenvalue weighted by Gasteiger charge is 2.13. The van der Waals surface area contributed by atoms with E-state index in [1.807, 2.05) is 6.07 Å². The number of nitrogens with zero attached hydrogens (tertiary/aromatic N) is 1. The Kier molecular flexibility index (Phi) is 4.34. The Morgan fingerprint density at radius 1 is 1.09 bits per heavy atom. The van der Waals surface area contributed by atoms with Crippen LogP contribution in [0.25, 0.3) is 0 Å². The third kappa shape index (κ3) is 3.58. The molecule has 0 aliphatic heterocycles. The summed E-state index contributed by atoms with van der Waals surface area (Å²) in [5, 5.41) is 22.4. The van der Waals surface area contributed by atoms with Crippen molar-refractivity contribution in [2.75, 3.05) is 10.6 Å². The maximum absolute atomic E-state index is 13.2. The average molecular weight is 299 g/mol. The number of anilines is 2. The van der Waals surface area contributed by atoms with Gasteiger partial charge in [0.1, 0.15) is 5.82 Å². The standard InChI is InChI=1S/C15H10FN3O3/c16-10-3-6-12(14(20)21)13(7-10)19-15(22)18-11-4-1-9(8-17)2-5-11/h1-7H,(H,20,21)(H2,18,19,22). The van der Waals surface area contributed by atoms with Crippen LogP contribution in [-0.4, -0.2) is 17.1 Å². The highest BCUT2D eigenvalue weighted by atomic mass is 19.1. The van der Waals surface area contributed by atoms with Crippen molar-refractivity contribution in [2.24, 2.45) is 0 Å². The quantitative estimate of drug-likeness (QED) is 0.810. The summed E-state index contributed by atoms with van der Waals surface area (Å²) in [6, 6.07) is 10.3. The SMILES string of the molecule is N#Cc1ccc(NC(=O)Nc2cc(F)ccc2C(=O)O)cc1. The van der Waals surface area contributed by atoms with Crippen molar-refractivity contribution in [1.82, 2.24) is 0 Å². The summed E-state index contributed by atoms with van der Waals surface area (Å²) in [5.41, 5.74) is 0.462. The summed E-state index contributed by atoms with van der Waals surface area (Å²) in [6.07, 6.45) is 0. The Morgan fingerprint density at radius 2 is 1.77 bits per heavy atom. The molecule has 0 spiro atoms. The predicted octanol–water partition coefficient (Wildman–Crippen LogP) is 3.04. The summed E-state index contributed by atoms with van der Waals surface area (Å²) >= 11 is 0. The number of carbonyl (C=O) groups is 2. The number of hydrogen-bond acceptors (Lipinski definition) is 3. The van der Waals surface area contributed by atoms with E-state index in [-0.39, 0.29) is 11.3 Å². The smallest absolute Gasteiger partial charge is 0.337 e. The molecule has 0 aliphatic carbocycles. The van der Waals surface area contributed by atoms with Crippen LogP contribution < -0.4 is 10.6 Å². The normalized spacial score (nSPS) is 9.64. The highest BCUT2D eigenvalue weighted by Crippen LogP contribution is 2.18. The molecule has 0 saturated heterocycles. The van der Waals surface area contributed by atoms with Crippen molar-refractivity contribution < 1.29 is 19.1 Å². The third-order valence-corrected chi connectivity index (χ3v) is 2.73. The first-order valence-electron chi connectivity index (χ1n) is 6.10. The lowest BCUT2D eigenvalue weighted by molar-refractivity contribution is 0.0698. The summed E-state index contributed by atoms with van der Waals surface area (Å²) in [7, 11) is 0. The molecule has 2 rings (SSSR count). The summed E-state index contributed by atoms with van der Waals surface area (Å²) in [5.74, 6) is -1.95. The average Bonchev–Trinajstić information content (AvgIpc) is 2.47. The second kappa shape index (κ2) is 6.37. The number of nitrogens with one attached hydrogen (secondary N) is 2. The van der Waals surface area contributed by atoms with E-state index < -0.39 is 17.8 Å². The minimum atomic E-state index is -1.28. The molecule has 3 N–H and O–H groups in total. The Bertz CT molecular complexity index is 767. The van der Waals surface area contributed by atoms with Crippen LogP contribution in [0.2, 0.25) is 0 Å². The van der Waals surface area contributed by atoms with E-state index in [0.717, 1.165) is 18.2 Å². The number of carboxylic acids is 1. The van der Waals surface area contributed by atoms with Crippen molar-refractivity contribution in [3.05, 3.63) is 59.4 Å². The van der Waals surface area contributed by atoms with Crippen molar-refractivity contribution in [1.29, 1.82) is 5.26 Å². The van der Waals surface area contributed by atoms with Gasteiger partial charge in [0.2, 0.25) is 0 Å². The van der Waals surface area contributed by atoms with E-state index in [1.54, 1.807) is 0 Å². The fourth-order valence-electron chi connectivity index (χ4n) is 1.72. The summed E-state index contributed by atoms with van der Waals surface area (Å²) < 4.78 is 13.2. The highest BCUT2D eigenvalue weighted by molar-refractivity contribution is 6.04. The van der Waals surface area contributed by atoms with Crippen LogP contribution in [0.4, 0.5) is 20.6 Å². The molecule has 0 bridgehead atoms. The lowest BCUT2D eigenvalue weighted by Gasteiger charge is -2.10. The molecule has 0 aliphatic rings. The van der Waals surface area contributed by atoms with Gasteiger partial charge >= 0.3 is 12.0 Å². The number of halogens is 1. The number of carboxylic acid groups (broad SMARTS) is 1.